The van der Waals surface area contributed by atoms with Gasteiger partial charge in [0.15, 0.2) is 0 Å². The lowest BCUT2D eigenvalue weighted by atomic mass is 9.94. The Morgan fingerprint density at radius 1 is 0.760 bits per heavy atom. The van der Waals surface area contributed by atoms with Gasteiger partial charge in [-0.25, -0.2) is 0 Å². The molecule has 0 aromatic carbocycles. The first-order valence-electron chi connectivity index (χ1n) is 10.3. The standard InChI is InChI=1S/C21H42O4/c1-6-11-12-13-14-15-16-20(17-19-22-18-7-2)21(23-8-3,24-9-4)25-10-5/h7,18,20H,6,8-17,19H2,1-5H3. The van der Waals surface area contributed by atoms with E-state index in [1.807, 2.05) is 33.8 Å². The molecule has 0 heterocycles. The van der Waals surface area contributed by atoms with Gasteiger partial charge in [0, 0.05) is 25.7 Å². The maximum atomic E-state index is 6.01. The van der Waals surface area contributed by atoms with Crippen LogP contribution in [0.15, 0.2) is 12.3 Å². The summed E-state index contributed by atoms with van der Waals surface area (Å²) >= 11 is 0. The Kier molecular flexibility index (Phi) is 16.5. The summed E-state index contributed by atoms with van der Waals surface area (Å²) in [5.41, 5.74) is 0. The van der Waals surface area contributed by atoms with Crippen LogP contribution in [0.5, 0.6) is 0 Å². The van der Waals surface area contributed by atoms with Crippen molar-refractivity contribution in [1.82, 2.24) is 0 Å². The zero-order chi connectivity index (χ0) is 18.8. The Morgan fingerprint density at radius 3 is 1.84 bits per heavy atom. The molecule has 0 aromatic heterocycles. The van der Waals surface area contributed by atoms with E-state index in [9.17, 15) is 0 Å². The molecule has 0 bridgehead atoms. The van der Waals surface area contributed by atoms with Gasteiger partial charge in [0.1, 0.15) is 0 Å². The van der Waals surface area contributed by atoms with Crippen molar-refractivity contribution >= 4 is 0 Å². The molecule has 0 saturated heterocycles. The fourth-order valence-electron chi connectivity index (χ4n) is 3.13. The highest BCUT2D eigenvalue weighted by atomic mass is 16.9. The molecule has 4 nitrogen and oxygen atoms in total. The summed E-state index contributed by atoms with van der Waals surface area (Å²) in [4.78, 5) is 0. The van der Waals surface area contributed by atoms with Crippen LogP contribution >= 0.6 is 0 Å². The fourth-order valence-corrected chi connectivity index (χ4v) is 3.13. The highest BCUT2D eigenvalue weighted by molar-refractivity contribution is 4.74. The molecular formula is C21H42O4. The Balaban J connectivity index is 4.81. The van der Waals surface area contributed by atoms with Crippen molar-refractivity contribution in [2.45, 2.75) is 92.0 Å². The van der Waals surface area contributed by atoms with Gasteiger partial charge in [-0.2, -0.15) is 0 Å². The van der Waals surface area contributed by atoms with Gasteiger partial charge in [0.25, 0.3) is 5.97 Å². The van der Waals surface area contributed by atoms with Gasteiger partial charge in [0.2, 0.25) is 0 Å². The van der Waals surface area contributed by atoms with E-state index in [0.29, 0.717) is 26.4 Å². The first-order chi connectivity index (χ1) is 12.2. The van der Waals surface area contributed by atoms with E-state index in [1.54, 1.807) is 6.26 Å². The summed E-state index contributed by atoms with van der Waals surface area (Å²) < 4.78 is 23.6. The predicted octanol–water partition coefficient (Wildman–Crippen LogP) is 6.06. The smallest absolute Gasteiger partial charge is 0.285 e. The molecule has 0 aromatic rings. The molecule has 0 N–H and O–H groups in total. The third kappa shape index (κ3) is 10.9. The van der Waals surface area contributed by atoms with Crippen LogP contribution in [0, 0.1) is 5.92 Å². The molecule has 25 heavy (non-hydrogen) atoms. The van der Waals surface area contributed by atoms with Gasteiger partial charge < -0.3 is 18.9 Å². The third-order valence-electron chi connectivity index (χ3n) is 4.26. The molecule has 1 unspecified atom stereocenters. The molecule has 1 atom stereocenters. The number of unbranched alkanes of at least 4 members (excludes halogenated alkanes) is 5. The molecule has 0 radical (unpaired) electrons. The van der Waals surface area contributed by atoms with E-state index < -0.39 is 5.97 Å². The highest BCUT2D eigenvalue weighted by Gasteiger charge is 2.41. The molecule has 0 aliphatic rings. The minimum atomic E-state index is -0.943. The third-order valence-corrected chi connectivity index (χ3v) is 4.26. The Hall–Kier alpha value is -0.580. The van der Waals surface area contributed by atoms with E-state index in [2.05, 4.69) is 6.92 Å². The minimum Gasteiger partial charge on any atom is -0.502 e. The van der Waals surface area contributed by atoms with Gasteiger partial charge in [-0.1, -0.05) is 51.5 Å². The van der Waals surface area contributed by atoms with Crippen molar-refractivity contribution in [3.63, 3.8) is 0 Å². The summed E-state index contributed by atoms with van der Waals surface area (Å²) in [5, 5.41) is 0. The van der Waals surface area contributed by atoms with Gasteiger partial charge in [0.05, 0.1) is 12.9 Å². The van der Waals surface area contributed by atoms with E-state index in [0.717, 1.165) is 12.8 Å². The Morgan fingerprint density at radius 2 is 1.32 bits per heavy atom. The molecule has 150 valence electrons. The van der Waals surface area contributed by atoms with Gasteiger partial charge in [-0.15, -0.1) is 0 Å². The van der Waals surface area contributed by atoms with Crippen molar-refractivity contribution in [3.8, 4) is 0 Å². The number of ether oxygens (including phenoxy) is 4. The Bertz CT molecular complexity index is 287. The lowest BCUT2D eigenvalue weighted by molar-refractivity contribution is -0.403. The second kappa shape index (κ2) is 16.9. The molecule has 0 spiro atoms. The zero-order valence-electron chi connectivity index (χ0n) is 17.4. The van der Waals surface area contributed by atoms with Crippen molar-refractivity contribution in [2.75, 3.05) is 26.4 Å². The summed E-state index contributed by atoms with van der Waals surface area (Å²) in [7, 11) is 0. The summed E-state index contributed by atoms with van der Waals surface area (Å²) in [6.07, 6.45) is 13.2. The molecule has 0 fully saturated rings. The van der Waals surface area contributed by atoms with Crippen LogP contribution in [0.4, 0.5) is 0 Å². The fraction of sp³-hybridized carbons (Fsp3) is 0.905. The number of allylic oxidation sites excluding steroid dienone is 1. The van der Waals surface area contributed by atoms with E-state index in [1.165, 1.54) is 38.5 Å². The van der Waals surface area contributed by atoms with Crippen LogP contribution in [0.1, 0.15) is 86.0 Å². The van der Waals surface area contributed by atoms with E-state index in [4.69, 9.17) is 18.9 Å². The largest absolute Gasteiger partial charge is 0.502 e. The maximum absolute atomic E-state index is 6.01. The van der Waals surface area contributed by atoms with Crippen molar-refractivity contribution in [3.05, 3.63) is 12.3 Å². The molecule has 0 rings (SSSR count). The number of hydrogen-bond donors (Lipinski definition) is 0. The SMILES string of the molecule is CC=COCCC(CCCCCCCC)C(OCC)(OCC)OCC. The highest BCUT2D eigenvalue weighted by Crippen LogP contribution is 2.33. The summed E-state index contributed by atoms with van der Waals surface area (Å²) in [5.74, 6) is -0.773. The summed E-state index contributed by atoms with van der Waals surface area (Å²) in [6, 6.07) is 0. The van der Waals surface area contributed by atoms with Crippen LogP contribution in [-0.4, -0.2) is 32.4 Å². The van der Waals surface area contributed by atoms with Crippen molar-refractivity contribution < 1.29 is 18.9 Å². The first kappa shape index (κ1) is 24.4. The normalized spacial score (nSPS) is 13.5. The van der Waals surface area contributed by atoms with E-state index in [-0.39, 0.29) is 5.92 Å². The molecule has 0 aliphatic carbocycles. The van der Waals surface area contributed by atoms with Crippen molar-refractivity contribution in [2.24, 2.45) is 5.92 Å². The molecular weight excluding hydrogens is 316 g/mol. The molecule has 4 heteroatoms. The second-order valence-corrected chi connectivity index (χ2v) is 6.28. The quantitative estimate of drug-likeness (QED) is 0.170. The molecule has 0 amide bonds. The van der Waals surface area contributed by atoms with E-state index >= 15 is 0 Å². The maximum Gasteiger partial charge on any atom is 0.285 e. The second-order valence-electron chi connectivity index (χ2n) is 6.28. The first-order valence-corrected chi connectivity index (χ1v) is 10.3. The molecule has 0 aliphatic heterocycles. The van der Waals surface area contributed by atoms with Crippen LogP contribution in [0.3, 0.4) is 0 Å². The van der Waals surface area contributed by atoms with Crippen LogP contribution in [-0.2, 0) is 18.9 Å². The lowest BCUT2D eigenvalue weighted by Crippen LogP contribution is -2.47. The number of rotatable bonds is 18. The predicted molar refractivity (Wildman–Crippen MR) is 104 cm³/mol. The molecule has 0 saturated carbocycles. The summed E-state index contributed by atoms with van der Waals surface area (Å²) in [6.45, 7) is 12.6. The van der Waals surface area contributed by atoms with Crippen LogP contribution in [0.2, 0.25) is 0 Å². The van der Waals surface area contributed by atoms with Gasteiger partial charge in [-0.3, -0.25) is 0 Å². The van der Waals surface area contributed by atoms with Crippen molar-refractivity contribution in [1.29, 1.82) is 0 Å². The van der Waals surface area contributed by atoms with Crippen LogP contribution < -0.4 is 0 Å². The lowest BCUT2D eigenvalue weighted by Gasteiger charge is -2.39. The average Bonchev–Trinajstić information content (AvgIpc) is 2.60. The zero-order valence-corrected chi connectivity index (χ0v) is 17.4. The topological polar surface area (TPSA) is 36.9 Å². The van der Waals surface area contributed by atoms with Gasteiger partial charge in [-0.05, 0) is 40.5 Å². The number of hydrogen-bond acceptors (Lipinski definition) is 4. The Labute approximate surface area is 156 Å². The monoisotopic (exact) mass is 358 g/mol. The minimum absolute atomic E-state index is 0.170. The van der Waals surface area contributed by atoms with Gasteiger partial charge >= 0.3 is 0 Å². The average molecular weight is 359 g/mol. The van der Waals surface area contributed by atoms with Crippen LogP contribution in [0.25, 0.3) is 0 Å².